The second kappa shape index (κ2) is 31.3. The maximum Gasteiger partial charge on any atom is 0.397 e. The number of amides is 1. The van der Waals surface area contributed by atoms with Gasteiger partial charge in [-0.05, 0) is 25.7 Å². The van der Waals surface area contributed by atoms with Crippen molar-refractivity contribution in [2.45, 2.75) is 231 Å². The van der Waals surface area contributed by atoms with Crippen LogP contribution in [0, 0.1) is 0 Å². The zero-order valence-corrected chi connectivity index (χ0v) is 34.5. The fourth-order valence-electron chi connectivity index (χ4n) is 6.86. The van der Waals surface area contributed by atoms with Gasteiger partial charge in [0.15, 0.2) is 12.4 Å². The first-order valence-corrected chi connectivity index (χ1v) is 22.6. The summed E-state index contributed by atoms with van der Waals surface area (Å²) in [6.07, 6.45) is 16.7. The Morgan fingerprint density at radius 3 is 1.65 bits per heavy atom. The first-order chi connectivity index (χ1) is 26.5. The zero-order valence-electron chi connectivity index (χ0n) is 34.6. The predicted molar refractivity (Wildman–Crippen MR) is 208 cm³/mol. The van der Waals surface area contributed by atoms with Crippen molar-refractivity contribution in [3.05, 3.63) is 0 Å². The summed E-state index contributed by atoms with van der Waals surface area (Å²) in [6.45, 7) is 5.63. The topological polar surface area (TPSA) is 195 Å². The molecule has 0 aliphatic carbocycles. The Kier molecular flexibility index (Phi) is 28.0. The van der Waals surface area contributed by atoms with E-state index >= 15 is 0 Å². The number of ether oxygens (including phenoxy) is 3. The lowest BCUT2D eigenvalue weighted by Crippen LogP contribution is -2.66. The lowest BCUT2D eigenvalue weighted by molar-refractivity contribution is -0.254. The number of esters is 2. The summed E-state index contributed by atoms with van der Waals surface area (Å²) in [5.74, 6) is -1.78. The molecule has 0 radical (unpaired) electrons. The summed E-state index contributed by atoms with van der Waals surface area (Å²) >= 11 is 0. The van der Waals surface area contributed by atoms with Crippen LogP contribution in [0.1, 0.15) is 194 Å². The van der Waals surface area contributed by atoms with Crippen LogP contribution < -0.4 is 5.32 Å². The van der Waals surface area contributed by atoms with E-state index < -0.39 is 65.6 Å². The maximum atomic E-state index is 13.6. The van der Waals surface area contributed by atoms with Gasteiger partial charge in [-0.2, -0.15) is 8.42 Å². The van der Waals surface area contributed by atoms with Gasteiger partial charge in [0.2, 0.25) is 7.34 Å². The Morgan fingerprint density at radius 2 is 1.17 bits per heavy atom. The van der Waals surface area contributed by atoms with Crippen LogP contribution in [-0.4, -0.2) is 84.4 Å². The first kappa shape index (κ1) is 48.3. The molecule has 0 saturated carbocycles. The van der Waals surface area contributed by atoms with Gasteiger partial charge in [0, 0.05) is 12.8 Å². The number of carbonyl (C=O) groups is 3. The largest absolute Gasteiger partial charge is 0.462 e. The molecule has 1 unspecified atom stereocenters. The number of aliphatic hydroxyl groups is 2. The van der Waals surface area contributed by atoms with Crippen LogP contribution in [0.15, 0.2) is 0 Å². The van der Waals surface area contributed by atoms with Crippen molar-refractivity contribution in [1.29, 1.82) is 1.43 Å². The summed E-state index contributed by atoms with van der Waals surface area (Å²) in [7, 11) is -4.97. The van der Waals surface area contributed by atoms with Gasteiger partial charge < -0.3 is 29.7 Å². The SMILES string of the molecule is [2H]OS(=O)(=O)O[C@H]1[C@H](OC(=O)CCCCCCCCC)[C@@H](NC(=O)C[C@@H](CCCCCCCCCCC)OC(=O)CCCCCCCCC)C(O)O[C@@H]1CO. The lowest BCUT2D eigenvalue weighted by atomic mass is 9.96. The molecule has 0 aromatic heterocycles. The Hall–Kier alpha value is -1.84. The number of rotatable bonds is 35. The van der Waals surface area contributed by atoms with Crippen LogP contribution in [0.3, 0.4) is 0 Å². The third-order valence-electron chi connectivity index (χ3n) is 9.98. The van der Waals surface area contributed by atoms with Crippen molar-refractivity contribution in [3.8, 4) is 0 Å². The summed E-state index contributed by atoms with van der Waals surface area (Å²) in [4.78, 5) is 39.5. The highest BCUT2D eigenvalue weighted by molar-refractivity contribution is 7.80. The molecule has 4 N–H and O–H groups in total. The smallest absolute Gasteiger partial charge is 0.397 e. The van der Waals surface area contributed by atoms with E-state index in [1.807, 2.05) is 0 Å². The molecular weight excluding hydrogens is 719 g/mol. The van der Waals surface area contributed by atoms with Crippen molar-refractivity contribution >= 4 is 28.2 Å². The molecule has 1 heterocycles. The normalized spacial score (nSPS) is 21.0. The number of hydrogen-bond donors (Lipinski definition) is 4. The van der Waals surface area contributed by atoms with Crippen LogP contribution >= 0.6 is 0 Å². The maximum absolute atomic E-state index is 13.6. The van der Waals surface area contributed by atoms with Crippen molar-refractivity contribution in [1.82, 2.24) is 5.32 Å². The van der Waals surface area contributed by atoms with Gasteiger partial charge in [-0.25, -0.2) is 4.18 Å². The van der Waals surface area contributed by atoms with Crippen LogP contribution in [0.25, 0.3) is 1.43 Å². The molecule has 1 amide bonds. The minimum absolute atomic E-state index is 0.0182. The Bertz CT molecular complexity index is 1110. The lowest BCUT2D eigenvalue weighted by Gasteiger charge is -2.43. The van der Waals surface area contributed by atoms with Gasteiger partial charge in [-0.1, -0.05) is 149 Å². The van der Waals surface area contributed by atoms with Crippen LogP contribution in [-0.2, 0) is 43.2 Å². The van der Waals surface area contributed by atoms with E-state index in [0.29, 0.717) is 19.3 Å². The van der Waals surface area contributed by atoms with Gasteiger partial charge in [0.05, 0.1) is 13.0 Å². The molecule has 13 nitrogen and oxygen atoms in total. The average molecular weight is 795 g/mol. The monoisotopic (exact) mass is 795 g/mol. The number of aliphatic hydroxyl groups excluding tert-OH is 2. The van der Waals surface area contributed by atoms with Crippen molar-refractivity contribution < 1.29 is 56.0 Å². The molecule has 6 atom stereocenters. The molecule has 1 saturated heterocycles. The number of unbranched alkanes of at least 4 members (excludes halogenated alkanes) is 20. The van der Waals surface area contributed by atoms with Crippen LogP contribution in [0.5, 0.6) is 0 Å². The van der Waals surface area contributed by atoms with E-state index in [0.717, 1.165) is 83.5 Å². The quantitative estimate of drug-likeness (QED) is 0.0277. The second-order valence-corrected chi connectivity index (χ2v) is 15.9. The van der Waals surface area contributed by atoms with E-state index in [-0.39, 0.29) is 25.2 Å². The average Bonchev–Trinajstić information content (AvgIpc) is 3.15. The third kappa shape index (κ3) is 24.6. The van der Waals surface area contributed by atoms with E-state index in [4.69, 9.17) is 19.8 Å². The molecule has 54 heavy (non-hydrogen) atoms. The van der Waals surface area contributed by atoms with Gasteiger partial charge in [0.1, 0.15) is 24.4 Å². The highest BCUT2D eigenvalue weighted by Crippen LogP contribution is 2.27. The van der Waals surface area contributed by atoms with Gasteiger partial charge in [-0.3, -0.25) is 18.9 Å². The first-order valence-electron chi connectivity index (χ1n) is 21.6. The van der Waals surface area contributed by atoms with Gasteiger partial charge in [-0.15, -0.1) is 0 Å². The van der Waals surface area contributed by atoms with Crippen LogP contribution in [0.4, 0.5) is 0 Å². The highest BCUT2D eigenvalue weighted by Gasteiger charge is 2.50. The number of carbonyl (C=O) groups excluding carboxylic acids is 3. The fourth-order valence-corrected chi connectivity index (χ4v) is 7.36. The molecule has 1 aliphatic rings. The molecule has 0 spiro atoms. The van der Waals surface area contributed by atoms with Gasteiger partial charge >= 0.3 is 22.3 Å². The van der Waals surface area contributed by atoms with Crippen molar-refractivity contribution in [2.24, 2.45) is 0 Å². The molecule has 0 aromatic carbocycles. The highest BCUT2D eigenvalue weighted by atomic mass is 32.3. The minimum Gasteiger partial charge on any atom is -0.462 e. The van der Waals surface area contributed by atoms with E-state index in [9.17, 15) is 33.0 Å². The molecule has 1 aliphatic heterocycles. The molecule has 0 bridgehead atoms. The minimum atomic E-state index is -4.97. The molecule has 1 rings (SSSR count). The standard InChI is InChI=1S/C40H75NO12S/c1-4-7-10-13-16-17-20-21-24-27-32(50-35(44)28-25-22-18-14-11-8-5-2)30-34(43)41-37-39(52-36(45)29-26-23-19-15-12-9-6-3)38(53-54(47,48)49)33(31-42)51-40(37)46/h32-33,37-40,42,46H,4-31H2,1-3H3,(H,41,43)(H,47,48,49)/t32-,33-,37-,38-,39-,40?/m1/s1/i/hD. The summed E-state index contributed by atoms with van der Waals surface area (Å²) in [5.41, 5.74) is 0. The molecule has 14 heteroatoms. The zero-order chi connectivity index (χ0) is 40.7. The van der Waals surface area contributed by atoms with E-state index in [2.05, 4.69) is 30.6 Å². The van der Waals surface area contributed by atoms with Crippen molar-refractivity contribution in [2.75, 3.05) is 6.61 Å². The third-order valence-corrected chi connectivity index (χ3v) is 10.4. The van der Waals surface area contributed by atoms with E-state index in [1.165, 1.54) is 51.4 Å². The van der Waals surface area contributed by atoms with Crippen molar-refractivity contribution in [3.63, 3.8) is 0 Å². The Labute approximate surface area is 327 Å². The second-order valence-electron chi connectivity index (χ2n) is 14.9. The summed E-state index contributed by atoms with van der Waals surface area (Å²) in [5, 5.41) is 23.5. The van der Waals surface area contributed by atoms with Crippen LogP contribution in [0.2, 0.25) is 0 Å². The predicted octanol–water partition coefficient (Wildman–Crippen LogP) is 7.78. The molecule has 1 fully saturated rings. The Morgan fingerprint density at radius 1 is 0.704 bits per heavy atom. The summed E-state index contributed by atoms with van der Waals surface area (Å²) in [6, 6.07) is -1.53. The number of hydrogen-bond acceptors (Lipinski definition) is 12. The fraction of sp³-hybridized carbons (Fsp3) is 0.925. The Balaban J connectivity index is 3.02. The number of nitrogens with one attached hydrogen (secondary N) is 1. The van der Waals surface area contributed by atoms with E-state index in [1.54, 1.807) is 0 Å². The van der Waals surface area contributed by atoms with Gasteiger partial charge in [0.25, 0.3) is 0 Å². The molecule has 0 aromatic rings. The molecule has 318 valence electrons. The molecular formula is C40H75NO12S. The summed E-state index contributed by atoms with van der Waals surface area (Å²) < 4.78 is 56.9.